The molecule has 21 heavy (non-hydrogen) atoms. The van der Waals surface area contributed by atoms with E-state index in [0.717, 1.165) is 19.4 Å². The number of hydrogen-bond acceptors (Lipinski definition) is 3. The highest BCUT2D eigenvalue weighted by molar-refractivity contribution is 5.90. The summed E-state index contributed by atoms with van der Waals surface area (Å²) >= 11 is 0. The second kappa shape index (κ2) is 5.13. The zero-order chi connectivity index (χ0) is 15.2. The van der Waals surface area contributed by atoms with Crippen LogP contribution in [-0.4, -0.2) is 29.4 Å². The largest absolute Gasteiger partial charge is 0.369 e. The van der Waals surface area contributed by atoms with Gasteiger partial charge in [-0.2, -0.15) is 0 Å². The number of ketones is 1. The van der Waals surface area contributed by atoms with Crippen LogP contribution in [0.4, 0.5) is 5.69 Å². The molecule has 1 aromatic rings. The average Bonchev–Trinajstić information content (AvgIpc) is 3.01. The molecule has 0 aliphatic carbocycles. The standard InChI is InChI=1S/C18H26N2O/c1-5-18(3,4)16(21)15-11-13-12-9-7-8-10-14(12)19-17(13)20(15)6-2/h7-10,13,15,17,19H,5-6,11H2,1-4H3. The van der Waals surface area contributed by atoms with Crippen LogP contribution in [0.1, 0.15) is 52.0 Å². The molecule has 0 saturated carbocycles. The van der Waals surface area contributed by atoms with Gasteiger partial charge in [-0.3, -0.25) is 9.69 Å². The molecule has 3 unspecified atom stereocenters. The van der Waals surface area contributed by atoms with Gasteiger partial charge in [0.15, 0.2) is 5.78 Å². The van der Waals surface area contributed by atoms with Gasteiger partial charge < -0.3 is 5.32 Å². The van der Waals surface area contributed by atoms with Crippen LogP contribution in [0.15, 0.2) is 24.3 Å². The number of benzene rings is 1. The number of carbonyl (C=O) groups excluding carboxylic acids is 1. The summed E-state index contributed by atoms with van der Waals surface area (Å²) < 4.78 is 0. The number of anilines is 1. The van der Waals surface area contributed by atoms with Crippen molar-refractivity contribution in [2.75, 3.05) is 11.9 Å². The zero-order valence-corrected chi connectivity index (χ0v) is 13.5. The molecule has 0 spiro atoms. The minimum Gasteiger partial charge on any atom is -0.369 e. The lowest BCUT2D eigenvalue weighted by Crippen LogP contribution is -2.47. The van der Waals surface area contributed by atoms with Crippen LogP contribution in [0.25, 0.3) is 0 Å². The monoisotopic (exact) mass is 286 g/mol. The van der Waals surface area contributed by atoms with Gasteiger partial charge in [0.2, 0.25) is 0 Å². The van der Waals surface area contributed by atoms with E-state index in [1.807, 2.05) is 0 Å². The second-order valence-electron chi connectivity index (χ2n) is 6.97. The molecule has 114 valence electrons. The minimum atomic E-state index is -0.226. The lowest BCUT2D eigenvalue weighted by atomic mass is 9.80. The van der Waals surface area contributed by atoms with Gasteiger partial charge in [0.25, 0.3) is 0 Å². The van der Waals surface area contributed by atoms with Crippen molar-refractivity contribution < 1.29 is 4.79 Å². The Balaban J connectivity index is 1.89. The van der Waals surface area contributed by atoms with Gasteiger partial charge in [-0.1, -0.05) is 45.9 Å². The van der Waals surface area contributed by atoms with Crippen LogP contribution >= 0.6 is 0 Å². The summed E-state index contributed by atoms with van der Waals surface area (Å²) in [6, 6.07) is 8.59. The Labute approximate surface area is 127 Å². The van der Waals surface area contributed by atoms with Crippen LogP contribution in [0, 0.1) is 5.41 Å². The highest BCUT2D eigenvalue weighted by Gasteiger charge is 2.50. The third-order valence-corrected chi connectivity index (χ3v) is 5.50. The number of hydrogen-bond donors (Lipinski definition) is 1. The van der Waals surface area contributed by atoms with E-state index >= 15 is 0 Å². The molecule has 1 N–H and O–H groups in total. The van der Waals surface area contributed by atoms with Gasteiger partial charge in [-0.15, -0.1) is 0 Å². The SMILES string of the molecule is CCN1C(C(=O)C(C)(C)CC)CC2c3ccccc3NC21. The molecule has 1 saturated heterocycles. The quantitative estimate of drug-likeness (QED) is 0.917. The summed E-state index contributed by atoms with van der Waals surface area (Å²) in [6.45, 7) is 9.35. The number of fused-ring (bicyclic) bond motifs is 3. The maximum absolute atomic E-state index is 12.9. The van der Waals surface area contributed by atoms with Crippen molar-refractivity contribution in [3.8, 4) is 0 Å². The summed E-state index contributed by atoms with van der Waals surface area (Å²) in [5.74, 6) is 0.850. The van der Waals surface area contributed by atoms with Gasteiger partial charge in [-0.05, 0) is 31.0 Å². The lowest BCUT2D eigenvalue weighted by molar-refractivity contribution is -0.132. The first-order valence-electron chi connectivity index (χ1n) is 8.15. The summed E-state index contributed by atoms with van der Waals surface area (Å²) in [7, 11) is 0. The van der Waals surface area contributed by atoms with Crippen LogP contribution in [-0.2, 0) is 4.79 Å². The molecule has 2 aliphatic heterocycles. The summed E-state index contributed by atoms with van der Waals surface area (Å²) in [4.78, 5) is 15.3. The van der Waals surface area contributed by atoms with Crippen LogP contribution < -0.4 is 5.32 Å². The highest BCUT2D eigenvalue weighted by Crippen LogP contribution is 2.47. The Morgan fingerprint density at radius 1 is 1.33 bits per heavy atom. The number of likely N-dealkylation sites (N-methyl/N-ethyl adjacent to an activating group) is 1. The molecule has 0 amide bonds. The molecule has 2 heterocycles. The Hall–Kier alpha value is -1.35. The molecule has 3 heteroatoms. The smallest absolute Gasteiger partial charge is 0.155 e. The molecule has 0 aromatic heterocycles. The number of likely N-dealkylation sites (tertiary alicyclic amines) is 1. The first-order valence-corrected chi connectivity index (χ1v) is 8.15. The molecule has 1 fully saturated rings. The van der Waals surface area contributed by atoms with Gasteiger partial charge in [-0.25, -0.2) is 0 Å². The lowest BCUT2D eigenvalue weighted by Gasteiger charge is -2.32. The molecule has 1 aromatic carbocycles. The normalized spacial score (nSPS) is 28.1. The second-order valence-corrected chi connectivity index (χ2v) is 6.97. The van der Waals surface area contributed by atoms with Crippen molar-refractivity contribution in [2.24, 2.45) is 5.41 Å². The van der Waals surface area contributed by atoms with E-state index in [1.165, 1.54) is 11.3 Å². The van der Waals surface area contributed by atoms with Gasteiger partial charge in [0.1, 0.15) is 0 Å². The topological polar surface area (TPSA) is 32.3 Å². The van der Waals surface area contributed by atoms with Gasteiger partial charge in [0, 0.05) is 17.0 Å². The van der Waals surface area contributed by atoms with Crippen molar-refractivity contribution in [3.63, 3.8) is 0 Å². The fraction of sp³-hybridized carbons (Fsp3) is 0.611. The fourth-order valence-corrected chi connectivity index (χ4v) is 3.82. The molecule has 3 nitrogen and oxygen atoms in total. The van der Waals surface area contributed by atoms with Crippen molar-refractivity contribution >= 4 is 11.5 Å². The maximum atomic E-state index is 12.9. The Kier molecular flexibility index (Phi) is 3.56. The van der Waals surface area contributed by atoms with Crippen molar-refractivity contribution in [1.29, 1.82) is 0 Å². The Morgan fingerprint density at radius 3 is 2.71 bits per heavy atom. The third kappa shape index (κ3) is 2.18. The average molecular weight is 286 g/mol. The first-order chi connectivity index (χ1) is 9.99. The number of para-hydroxylation sites is 1. The van der Waals surface area contributed by atoms with Crippen molar-refractivity contribution in [3.05, 3.63) is 29.8 Å². The number of carbonyl (C=O) groups is 1. The molecular weight excluding hydrogens is 260 g/mol. The summed E-state index contributed by atoms with van der Waals surface area (Å²) in [5.41, 5.74) is 2.40. The number of rotatable bonds is 4. The molecule has 0 bridgehead atoms. The van der Waals surface area contributed by atoms with E-state index in [1.54, 1.807) is 0 Å². The molecule has 0 radical (unpaired) electrons. The number of nitrogens with zero attached hydrogens (tertiary/aromatic N) is 1. The minimum absolute atomic E-state index is 0.0563. The molecule has 3 rings (SSSR count). The molecular formula is C18H26N2O. The van der Waals surface area contributed by atoms with Gasteiger partial charge >= 0.3 is 0 Å². The predicted molar refractivity (Wildman–Crippen MR) is 86.5 cm³/mol. The number of Topliss-reactive ketones (excluding diaryl/α,β-unsaturated/α-hetero) is 1. The van der Waals surface area contributed by atoms with E-state index in [9.17, 15) is 4.79 Å². The number of nitrogens with one attached hydrogen (secondary N) is 1. The van der Waals surface area contributed by atoms with Gasteiger partial charge in [0.05, 0.1) is 12.2 Å². The molecule has 3 atom stereocenters. The Morgan fingerprint density at radius 2 is 2.05 bits per heavy atom. The summed E-state index contributed by atoms with van der Waals surface area (Å²) in [6.07, 6.45) is 2.14. The van der Waals surface area contributed by atoms with E-state index in [0.29, 0.717) is 11.7 Å². The molecule has 2 aliphatic rings. The van der Waals surface area contributed by atoms with Crippen LogP contribution in [0.2, 0.25) is 0 Å². The maximum Gasteiger partial charge on any atom is 0.155 e. The van der Waals surface area contributed by atoms with E-state index in [-0.39, 0.29) is 17.6 Å². The van der Waals surface area contributed by atoms with E-state index < -0.39 is 0 Å². The fourth-order valence-electron chi connectivity index (χ4n) is 3.82. The third-order valence-electron chi connectivity index (χ3n) is 5.50. The van der Waals surface area contributed by atoms with Crippen molar-refractivity contribution in [2.45, 2.75) is 58.7 Å². The highest BCUT2D eigenvalue weighted by atomic mass is 16.1. The zero-order valence-electron chi connectivity index (χ0n) is 13.5. The predicted octanol–water partition coefficient (Wildman–Crippen LogP) is 3.62. The first kappa shape index (κ1) is 14.6. The van der Waals surface area contributed by atoms with Crippen LogP contribution in [0.5, 0.6) is 0 Å². The van der Waals surface area contributed by atoms with E-state index in [2.05, 4.69) is 62.2 Å². The Bertz CT molecular complexity index is 552. The van der Waals surface area contributed by atoms with Crippen molar-refractivity contribution in [1.82, 2.24) is 4.90 Å². The van der Waals surface area contributed by atoms with Crippen LogP contribution in [0.3, 0.4) is 0 Å². The van der Waals surface area contributed by atoms with E-state index in [4.69, 9.17) is 0 Å². The summed E-state index contributed by atoms with van der Waals surface area (Å²) in [5, 5.41) is 3.63.